The van der Waals surface area contributed by atoms with Crippen molar-refractivity contribution in [2.24, 2.45) is 10.7 Å². The highest BCUT2D eigenvalue weighted by molar-refractivity contribution is 6.32. The Bertz CT molecular complexity index is 1070. The molecule has 1 aliphatic heterocycles. The average molecular weight is 400 g/mol. The molecule has 1 atom stereocenters. The van der Waals surface area contributed by atoms with Gasteiger partial charge < -0.3 is 10.3 Å². The van der Waals surface area contributed by atoms with E-state index in [0.29, 0.717) is 21.5 Å². The fourth-order valence-corrected chi connectivity index (χ4v) is 3.62. The molecule has 2 aromatic carbocycles. The first-order valence-corrected chi connectivity index (χ1v) is 9.08. The lowest BCUT2D eigenvalue weighted by atomic mass is 9.93. The summed E-state index contributed by atoms with van der Waals surface area (Å²) in [5.41, 5.74) is 10.3. The molecule has 2 heterocycles. The van der Waals surface area contributed by atoms with Crippen LogP contribution in [-0.2, 0) is 4.79 Å². The molecule has 0 bridgehead atoms. The molecule has 7 heteroatoms. The van der Waals surface area contributed by atoms with E-state index in [0.717, 1.165) is 27.9 Å². The Morgan fingerprint density at radius 3 is 2.52 bits per heavy atom. The van der Waals surface area contributed by atoms with Crippen molar-refractivity contribution in [3.63, 3.8) is 0 Å². The standard InChI is InChI=1S/C20H15Cl2N3O2/c1-10-18-14-7-6-13(22)8-15(14)19(11-2-4-12(21)5-3-11)24-16(9-17(23)26)20(18)27-25-10/h2-8,16H,9H2,1H3,(H2,23,26)/t16-/m0/s1. The highest BCUT2D eigenvalue weighted by Crippen LogP contribution is 2.41. The van der Waals surface area contributed by atoms with Crippen molar-refractivity contribution in [2.45, 2.75) is 19.4 Å². The van der Waals surface area contributed by atoms with E-state index in [1.807, 2.05) is 37.3 Å². The Morgan fingerprint density at radius 2 is 1.81 bits per heavy atom. The number of rotatable bonds is 3. The van der Waals surface area contributed by atoms with Crippen molar-refractivity contribution in [3.05, 3.63) is 75.1 Å². The van der Waals surface area contributed by atoms with Crippen LogP contribution in [0.25, 0.3) is 11.1 Å². The van der Waals surface area contributed by atoms with E-state index in [2.05, 4.69) is 5.16 Å². The number of aryl methyl sites for hydroxylation is 1. The summed E-state index contributed by atoms with van der Waals surface area (Å²) in [6.45, 7) is 1.86. The largest absolute Gasteiger partial charge is 0.370 e. The third kappa shape index (κ3) is 3.24. The van der Waals surface area contributed by atoms with Gasteiger partial charge in [0, 0.05) is 21.2 Å². The lowest BCUT2D eigenvalue weighted by molar-refractivity contribution is -0.118. The van der Waals surface area contributed by atoms with E-state index in [1.165, 1.54) is 0 Å². The normalized spacial score (nSPS) is 15.5. The van der Waals surface area contributed by atoms with Crippen molar-refractivity contribution in [1.29, 1.82) is 0 Å². The van der Waals surface area contributed by atoms with Crippen molar-refractivity contribution in [2.75, 3.05) is 0 Å². The molecule has 4 rings (SSSR count). The van der Waals surface area contributed by atoms with Gasteiger partial charge in [-0.15, -0.1) is 0 Å². The minimum absolute atomic E-state index is 0.0143. The van der Waals surface area contributed by atoms with Crippen molar-refractivity contribution < 1.29 is 9.32 Å². The number of benzene rings is 2. The summed E-state index contributed by atoms with van der Waals surface area (Å²) in [4.78, 5) is 16.5. The number of aliphatic imine (C=N–C) groups is 1. The molecule has 1 amide bonds. The van der Waals surface area contributed by atoms with Gasteiger partial charge >= 0.3 is 0 Å². The molecule has 5 nitrogen and oxygen atoms in total. The van der Waals surface area contributed by atoms with Gasteiger partial charge in [-0.25, -0.2) is 0 Å². The third-order valence-electron chi connectivity index (χ3n) is 4.49. The number of hydrogen-bond acceptors (Lipinski definition) is 4. The fraction of sp³-hybridized carbons (Fsp3) is 0.150. The molecular formula is C20H15Cl2N3O2. The first-order valence-electron chi connectivity index (χ1n) is 8.32. The number of carbonyl (C=O) groups is 1. The quantitative estimate of drug-likeness (QED) is 0.691. The zero-order chi connectivity index (χ0) is 19.1. The first kappa shape index (κ1) is 17.8. The summed E-state index contributed by atoms with van der Waals surface area (Å²) in [5.74, 6) is 0.0574. The molecular weight excluding hydrogens is 385 g/mol. The molecule has 3 aromatic rings. The molecule has 2 N–H and O–H groups in total. The molecule has 0 aliphatic carbocycles. The second kappa shape index (κ2) is 6.83. The summed E-state index contributed by atoms with van der Waals surface area (Å²) in [7, 11) is 0. The van der Waals surface area contributed by atoms with Crippen LogP contribution in [0.2, 0.25) is 10.0 Å². The maximum absolute atomic E-state index is 11.7. The number of fused-ring (bicyclic) bond motifs is 3. The fourth-order valence-electron chi connectivity index (χ4n) is 3.32. The number of hydrogen-bond donors (Lipinski definition) is 1. The van der Waals surface area contributed by atoms with Crippen LogP contribution >= 0.6 is 23.2 Å². The molecule has 136 valence electrons. The number of nitrogens with two attached hydrogens (primary N) is 1. The summed E-state index contributed by atoms with van der Waals surface area (Å²) in [5, 5.41) is 5.29. The number of primary amides is 1. The Morgan fingerprint density at radius 1 is 1.11 bits per heavy atom. The van der Waals surface area contributed by atoms with Crippen LogP contribution in [0.15, 0.2) is 52.0 Å². The molecule has 0 saturated heterocycles. The third-order valence-corrected chi connectivity index (χ3v) is 4.98. The van der Waals surface area contributed by atoms with E-state index in [4.69, 9.17) is 38.5 Å². The Hall–Kier alpha value is -2.63. The summed E-state index contributed by atoms with van der Waals surface area (Å²) < 4.78 is 5.55. The zero-order valence-electron chi connectivity index (χ0n) is 14.4. The molecule has 1 aliphatic rings. The molecule has 0 radical (unpaired) electrons. The van der Waals surface area contributed by atoms with Crippen LogP contribution < -0.4 is 5.73 Å². The van der Waals surface area contributed by atoms with Gasteiger partial charge in [-0.2, -0.15) is 0 Å². The van der Waals surface area contributed by atoms with Gasteiger partial charge in [0.25, 0.3) is 0 Å². The highest BCUT2D eigenvalue weighted by Gasteiger charge is 2.31. The summed E-state index contributed by atoms with van der Waals surface area (Å²) >= 11 is 12.3. The van der Waals surface area contributed by atoms with Gasteiger partial charge in [0.1, 0.15) is 6.04 Å². The number of halogens is 2. The van der Waals surface area contributed by atoms with E-state index in [1.54, 1.807) is 12.1 Å². The average Bonchev–Trinajstić information content (AvgIpc) is 2.94. The predicted octanol–water partition coefficient (Wildman–Crippen LogP) is 4.72. The monoisotopic (exact) mass is 399 g/mol. The number of amides is 1. The van der Waals surface area contributed by atoms with Gasteiger partial charge in [0.15, 0.2) is 5.76 Å². The molecule has 0 saturated carbocycles. The molecule has 27 heavy (non-hydrogen) atoms. The van der Waals surface area contributed by atoms with Crippen LogP contribution in [0.1, 0.15) is 35.0 Å². The van der Waals surface area contributed by atoms with Gasteiger partial charge in [-0.3, -0.25) is 9.79 Å². The van der Waals surface area contributed by atoms with Crippen LogP contribution in [-0.4, -0.2) is 16.8 Å². The maximum Gasteiger partial charge on any atom is 0.220 e. The molecule has 0 unspecified atom stereocenters. The first-order chi connectivity index (χ1) is 12.9. The van der Waals surface area contributed by atoms with Crippen LogP contribution in [0.4, 0.5) is 0 Å². The van der Waals surface area contributed by atoms with Gasteiger partial charge in [-0.05, 0) is 36.8 Å². The lowest BCUT2D eigenvalue weighted by Crippen LogP contribution is -2.15. The summed E-state index contributed by atoms with van der Waals surface area (Å²) in [6, 6.07) is 12.4. The zero-order valence-corrected chi connectivity index (χ0v) is 15.9. The van der Waals surface area contributed by atoms with Crippen LogP contribution in [0.5, 0.6) is 0 Å². The minimum atomic E-state index is -0.574. The smallest absolute Gasteiger partial charge is 0.220 e. The van der Waals surface area contributed by atoms with E-state index in [9.17, 15) is 4.79 Å². The number of nitrogens with zero attached hydrogens (tertiary/aromatic N) is 2. The number of aromatic nitrogens is 1. The van der Waals surface area contributed by atoms with Crippen molar-refractivity contribution >= 4 is 34.8 Å². The van der Waals surface area contributed by atoms with Crippen LogP contribution in [0.3, 0.4) is 0 Å². The second-order valence-corrected chi connectivity index (χ2v) is 7.24. The minimum Gasteiger partial charge on any atom is -0.370 e. The lowest BCUT2D eigenvalue weighted by Gasteiger charge is -2.12. The SMILES string of the molecule is Cc1noc2c1-c1ccc(Cl)cc1C(c1ccc(Cl)cc1)=N[C@H]2CC(N)=O. The van der Waals surface area contributed by atoms with Crippen molar-refractivity contribution in [1.82, 2.24) is 5.16 Å². The van der Waals surface area contributed by atoms with Crippen LogP contribution in [0, 0.1) is 6.92 Å². The molecule has 1 aromatic heterocycles. The topological polar surface area (TPSA) is 81.5 Å². The Balaban J connectivity index is 2.02. The maximum atomic E-state index is 11.7. The Kier molecular flexibility index (Phi) is 4.50. The van der Waals surface area contributed by atoms with E-state index < -0.39 is 11.9 Å². The van der Waals surface area contributed by atoms with Gasteiger partial charge in [0.2, 0.25) is 5.91 Å². The van der Waals surface area contributed by atoms with Gasteiger partial charge in [0.05, 0.1) is 23.4 Å². The second-order valence-electron chi connectivity index (χ2n) is 6.37. The molecule has 0 spiro atoms. The van der Waals surface area contributed by atoms with Crippen molar-refractivity contribution in [3.8, 4) is 11.1 Å². The predicted molar refractivity (Wildman–Crippen MR) is 105 cm³/mol. The Labute approximate surface area is 165 Å². The summed E-state index contributed by atoms with van der Waals surface area (Å²) in [6.07, 6.45) is 0.0143. The van der Waals surface area contributed by atoms with E-state index >= 15 is 0 Å². The molecule has 0 fully saturated rings. The van der Waals surface area contributed by atoms with Gasteiger partial charge in [-0.1, -0.05) is 46.6 Å². The highest BCUT2D eigenvalue weighted by atomic mass is 35.5. The van der Waals surface area contributed by atoms with E-state index in [-0.39, 0.29) is 6.42 Å². The number of carbonyl (C=O) groups excluding carboxylic acids is 1.